The Labute approximate surface area is 130 Å². The molecule has 0 aliphatic heterocycles. The molecule has 0 spiro atoms. The predicted molar refractivity (Wildman–Crippen MR) is 103 cm³/mol. The molecule has 0 saturated heterocycles. The molecule has 0 bridgehead atoms. The summed E-state index contributed by atoms with van der Waals surface area (Å²) in [6.45, 7) is 20.1. The molecule has 0 radical (unpaired) electrons. The van der Waals surface area contributed by atoms with Crippen molar-refractivity contribution in [1.82, 2.24) is 0 Å². The Balaban J connectivity index is -0.00000144. The molecule has 6 heteroatoms. The van der Waals surface area contributed by atoms with Gasteiger partial charge in [0, 0.05) is 1.43 Å². The molecular formula is C13H38O2Si4. The van der Waals surface area contributed by atoms with Crippen LogP contribution < -0.4 is 0 Å². The number of allylic oxidation sites excluding steroid dienone is 1. The van der Waals surface area contributed by atoms with Crippen molar-refractivity contribution in [3.63, 3.8) is 0 Å². The van der Waals surface area contributed by atoms with Crippen LogP contribution in [0.3, 0.4) is 0 Å². The van der Waals surface area contributed by atoms with Crippen molar-refractivity contribution in [2.75, 3.05) is 0 Å². The first-order valence-corrected chi connectivity index (χ1v) is 17.0. The lowest BCUT2D eigenvalue weighted by Gasteiger charge is -2.27. The predicted octanol–water partition coefficient (Wildman–Crippen LogP) is 3.70. The standard InChI is InChI=1S/C12H32O2Si4.CH4.H2/c1-11(2)12(3)9-15-13-18(7,8)10-17(6)14-16(4)5;;/h11,16-17H,3,9-10,15H2,1-2,4-8H3;1H4;1H. The summed E-state index contributed by atoms with van der Waals surface area (Å²) in [5.41, 5.74) is 2.63. The highest BCUT2D eigenvalue weighted by molar-refractivity contribution is 6.85. The summed E-state index contributed by atoms with van der Waals surface area (Å²) in [7, 11) is -3.69. The van der Waals surface area contributed by atoms with Gasteiger partial charge in [0.25, 0.3) is 0 Å². The molecule has 2 nitrogen and oxygen atoms in total. The second kappa shape index (κ2) is 10.3. The second-order valence-corrected chi connectivity index (χ2v) is 18.4. The van der Waals surface area contributed by atoms with Crippen molar-refractivity contribution in [3.8, 4) is 0 Å². The van der Waals surface area contributed by atoms with Gasteiger partial charge in [-0.05, 0) is 50.4 Å². The Morgan fingerprint density at radius 3 is 2.26 bits per heavy atom. The Kier molecular flexibility index (Phi) is 11.8. The van der Waals surface area contributed by atoms with E-state index in [2.05, 4.69) is 53.2 Å². The molecule has 19 heavy (non-hydrogen) atoms. The summed E-state index contributed by atoms with van der Waals surface area (Å²) in [4.78, 5) is 0. The van der Waals surface area contributed by atoms with Gasteiger partial charge in [-0.25, -0.2) is 0 Å². The first-order chi connectivity index (χ1) is 8.14. The summed E-state index contributed by atoms with van der Waals surface area (Å²) < 4.78 is 12.4. The lowest BCUT2D eigenvalue weighted by Crippen LogP contribution is -2.39. The van der Waals surface area contributed by atoms with Gasteiger partial charge in [-0.3, -0.25) is 0 Å². The maximum atomic E-state index is 6.29. The molecule has 1 unspecified atom stereocenters. The molecule has 0 aliphatic carbocycles. The molecule has 0 aromatic rings. The van der Waals surface area contributed by atoms with E-state index in [0.717, 1.165) is 6.04 Å². The van der Waals surface area contributed by atoms with E-state index in [-0.39, 0.29) is 8.85 Å². The van der Waals surface area contributed by atoms with E-state index in [0.29, 0.717) is 5.92 Å². The van der Waals surface area contributed by atoms with Crippen LogP contribution in [0.25, 0.3) is 0 Å². The van der Waals surface area contributed by atoms with Gasteiger partial charge in [-0.2, -0.15) is 0 Å². The summed E-state index contributed by atoms with van der Waals surface area (Å²) in [6, 6.07) is 1.14. The van der Waals surface area contributed by atoms with E-state index in [4.69, 9.17) is 8.23 Å². The molecule has 0 saturated carbocycles. The van der Waals surface area contributed by atoms with Crippen LogP contribution in [0.2, 0.25) is 44.4 Å². The van der Waals surface area contributed by atoms with Crippen molar-refractivity contribution in [1.29, 1.82) is 0 Å². The molecule has 0 amide bonds. The minimum absolute atomic E-state index is 0. The first-order valence-electron chi connectivity index (χ1n) is 7.11. The Hall–Kier alpha value is 0.528. The number of hydrogen-bond acceptors (Lipinski definition) is 2. The van der Waals surface area contributed by atoms with Crippen LogP contribution in [-0.4, -0.2) is 36.2 Å². The lowest BCUT2D eigenvalue weighted by molar-refractivity contribution is 0.573. The zero-order chi connectivity index (χ0) is 14.3. The van der Waals surface area contributed by atoms with E-state index in [1.54, 1.807) is 0 Å². The average molecular weight is 339 g/mol. The molecule has 0 heterocycles. The van der Waals surface area contributed by atoms with Crippen molar-refractivity contribution >= 4 is 36.2 Å². The van der Waals surface area contributed by atoms with Gasteiger partial charge in [-0.1, -0.05) is 33.4 Å². The largest absolute Gasteiger partial charge is 0.461 e. The Morgan fingerprint density at radius 1 is 1.32 bits per heavy atom. The highest BCUT2D eigenvalue weighted by Gasteiger charge is 2.26. The lowest BCUT2D eigenvalue weighted by atomic mass is 10.1. The fourth-order valence-corrected chi connectivity index (χ4v) is 17.5. The quantitative estimate of drug-likeness (QED) is 0.471. The molecule has 0 aromatic carbocycles. The Morgan fingerprint density at radius 2 is 1.84 bits per heavy atom. The highest BCUT2D eigenvalue weighted by atomic mass is 28.4. The van der Waals surface area contributed by atoms with Gasteiger partial charge in [0.1, 0.15) is 0 Å². The van der Waals surface area contributed by atoms with Gasteiger partial charge < -0.3 is 8.23 Å². The molecule has 1 atom stereocenters. The third-order valence-electron chi connectivity index (χ3n) is 3.02. The van der Waals surface area contributed by atoms with Gasteiger partial charge in [-0.15, -0.1) is 0 Å². The van der Waals surface area contributed by atoms with Crippen molar-refractivity contribution < 1.29 is 9.66 Å². The van der Waals surface area contributed by atoms with Crippen LogP contribution in [0.5, 0.6) is 0 Å². The molecule has 0 rings (SSSR count). The second-order valence-electron chi connectivity index (χ2n) is 6.37. The monoisotopic (exact) mass is 338 g/mol. The molecule has 118 valence electrons. The third-order valence-corrected chi connectivity index (χ3v) is 18.1. The first kappa shape index (κ1) is 21.8. The van der Waals surface area contributed by atoms with E-state index < -0.39 is 36.2 Å². The van der Waals surface area contributed by atoms with Crippen molar-refractivity contribution in [3.05, 3.63) is 12.2 Å². The maximum absolute atomic E-state index is 6.29. The maximum Gasteiger partial charge on any atom is 0.172 e. The SMILES string of the molecule is C.C=C(C[SiH2]O[Si](C)(C)C[SiH](C)O[SiH](C)C)C(C)C.[HH]. The molecular weight excluding hydrogens is 300 g/mol. The molecule has 0 fully saturated rings. The Bertz CT molecular complexity index is 261. The third kappa shape index (κ3) is 12.0. The van der Waals surface area contributed by atoms with Gasteiger partial charge in [0.2, 0.25) is 0 Å². The van der Waals surface area contributed by atoms with Crippen LogP contribution >= 0.6 is 0 Å². The average Bonchev–Trinajstić information content (AvgIpc) is 2.13. The number of rotatable bonds is 9. The normalized spacial score (nSPS) is 14.2. The van der Waals surface area contributed by atoms with E-state index >= 15 is 0 Å². The zero-order valence-corrected chi connectivity index (χ0v) is 18.1. The van der Waals surface area contributed by atoms with Crippen LogP contribution in [-0.2, 0) is 8.23 Å². The minimum Gasteiger partial charge on any atom is -0.461 e. The van der Waals surface area contributed by atoms with Crippen molar-refractivity contribution in [2.24, 2.45) is 5.92 Å². The van der Waals surface area contributed by atoms with Crippen LogP contribution in [0.15, 0.2) is 12.2 Å². The molecule has 0 N–H and O–H groups in total. The minimum atomic E-state index is -1.46. The van der Waals surface area contributed by atoms with Crippen LogP contribution in [0.4, 0.5) is 0 Å². The molecule has 0 aliphatic rings. The highest BCUT2D eigenvalue weighted by Crippen LogP contribution is 2.17. The van der Waals surface area contributed by atoms with Crippen molar-refractivity contribution in [2.45, 2.75) is 65.7 Å². The number of hydrogen-bond donors (Lipinski definition) is 0. The van der Waals surface area contributed by atoms with Gasteiger partial charge in [0.05, 0.1) is 0 Å². The van der Waals surface area contributed by atoms with Crippen LogP contribution in [0, 0.1) is 5.92 Å². The van der Waals surface area contributed by atoms with E-state index in [9.17, 15) is 0 Å². The summed E-state index contributed by atoms with van der Waals surface area (Å²) in [5, 5.41) is 0. The van der Waals surface area contributed by atoms with Gasteiger partial charge in [0.15, 0.2) is 36.2 Å². The zero-order valence-electron chi connectivity index (χ0n) is 13.4. The fourth-order valence-electron chi connectivity index (χ4n) is 2.01. The van der Waals surface area contributed by atoms with E-state index in [1.807, 2.05) is 0 Å². The fraction of sp³-hybridized carbons (Fsp3) is 0.846. The summed E-state index contributed by atoms with van der Waals surface area (Å²) in [5.74, 6) is 0.606. The molecule has 0 aromatic heterocycles. The summed E-state index contributed by atoms with van der Waals surface area (Å²) >= 11 is 0. The summed E-state index contributed by atoms with van der Waals surface area (Å²) in [6.07, 6.45) is 0. The smallest absolute Gasteiger partial charge is 0.172 e. The van der Waals surface area contributed by atoms with E-state index in [1.165, 1.54) is 11.2 Å². The van der Waals surface area contributed by atoms with Crippen LogP contribution in [0.1, 0.15) is 22.7 Å². The topological polar surface area (TPSA) is 18.5 Å². The van der Waals surface area contributed by atoms with Gasteiger partial charge >= 0.3 is 0 Å².